The topological polar surface area (TPSA) is 20.2 Å². The largest absolute Gasteiger partial charge is 0.390 e. The standard InChI is InChI=1S/C19H40O/c1-6-11-13-17(8-3)15-19(20,10-5)16-18(9-4)14-12-7-2/h17-18,20H,6-16H2,1-5H3. The molecule has 0 heterocycles. The molecule has 0 radical (unpaired) electrons. The van der Waals surface area contributed by atoms with Crippen molar-refractivity contribution in [2.75, 3.05) is 0 Å². The Balaban J connectivity index is 4.47. The molecular formula is C19H40O. The van der Waals surface area contributed by atoms with E-state index < -0.39 is 5.60 Å². The van der Waals surface area contributed by atoms with E-state index >= 15 is 0 Å². The summed E-state index contributed by atoms with van der Waals surface area (Å²) < 4.78 is 0. The first-order valence-corrected chi connectivity index (χ1v) is 9.27. The molecule has 1 N–H and O–H groups in total. The van der Waals surface area contributed by atoms with Gasteiger partial charge in [0, 0.05) is 0 Å². The van der Waals surface area contributed by atoms with Crippen molar-refractivity contribution in [2.45, 2.75) is 111 Å². The predicted octanol–water partition coefficient (Wildman–Crippen LogP) is 6.34. The molecule has 0 spiro atoms. The molecule has 0 bridgehead atoms. The third kappa shape index (κ3) is 8.29. The van der Waals surface area contributed by atoms with Crippen LogP contribution in [0.5, 0.6) is 0 Å². The van der Waals surface area contributed by atoms with Gasteiger partial charge in [-0.1, -0.05) is 86.0 Å². The molecule has 0 aliphatic rings. The Morgan fingerprint density at radius 1 is 0.750 bits per heavy atom. The van der Waals surface area contributed by atoms with Gasteiger partial charge in [-0.05, 0) is 31.1 Å². The van der Waals surface area contributed by atoms with Gasteiger partial charge in [0.2, 0.25) is 0 Å². The summed E-state index contributed by atoms with van der Waals surface area (Å²) in [4.78, 5) is 0. The Labute approximate surface area is 128 Å². The smallest absolute Gasteiger partial charge is 0.0650 e. The molecule has 0 aliphatic heterocycles. The lowest BCUT2D eigenvalue weighted by Crippen LogP contribution is -2.33. The van der Waals surface area contributed by atoms with Crippen LogP contribution in [0.15, 0.2) is 0 Å². The number of aliphatic hydroxyl groups is 1. The number of unbranched alkanes of at least 4 members (excludes halogenated alkanes) is 2. The first-order valence-electron chi connectivity index (χ1n) is 9.27. The molecular weight excluding hydrogens is 244 g/mol. The number of hydrogen-bond donors (Lipinski definition) is 1. The fourth-order valence-electron chi connectivity index (χ4n) is 3.33. The third-order valence-corrected chi connectivity index (χ3v) is 5.08. The van der Waals surface area contributed by atoms with Crippen LogP contribution in [0.4, 0.5) is 0 Å². The Morgan fingerprint density at radius 2 is 1.15 bits per heavy atom. The summed E-state index contributed by atoms with van der Waals surface area (Å²) in [6.45, 7) is 11.3. The molecule has 1 nitrogen and oxygen atoms in total. The molecule has 122 valence electrons. The van der Waals surface area contributed by atoms with Gasteiger partial charge in [0.1, 0.15) is 0 Å². The zero-order valence-corrected chi connectivity index (χ0v) is 14.9. The number of rotatable bonds is 13. The van der Waals surface area contributed by atoms with Crippen LogP contribution in [0.2, 0.25) is 0 Å². The summed E-state index contributed by atoms with van der Waals surface area (Å²) in [5.74, 6) is 1.42. The molecule has 0 saturated heterocycles. The Morgan fingerprint density at radius 3 is 1.40 bits per heavy atom. The maximum atomic E-state index is 11.0. The van der Waals surface area contributed by atoms with Crippen LogP contribution in [-0.2, 0) is 0 Å². The third-order valence-electron chi connectivity index (χ3n) is 5.08. The molecule has 0 saturated carbocycles. The molecule has 0 fully saturated rings. The van der Waals surface area contributed by atoms with E-state index in [1.165, 1.54) is 51.4 Å². The molecule has 0 aliphatic carbocycles. The fourth-order valence-corrected chi connectivity index (χ4v) is 3.33. The normalized spacial score (nSPS) is 17.7. The molecule has 20 heavy (non-hydrogen) atoms. The minimum atomic E-state index is -0.414. The molecule has 2 atom stereocenters. The van der Waals surface area contributed by atoms with Crippen LogP contribution in [0.3, 0.4) is 0 Å². The van der Waals surface area contributed by atoms with E-state index in [2.05, 4.69) is 34.6 Å². The van der Waals surface area contributed by atoms with Crippen molar-refractivity contribution in [3.05, 3.63) is 0 Å². The van der Waals surface area contributed by atoms with Crippen LogP contribution in [-0.4, -0.2) is 10.7 Å². The highest BCUT2D eigenvalue weighted by Crippen LogP contribution is 2.34. The van der Waals surface area contributed by atoms with Gasteiger partial charge in [-0.25, -0.2) is 0 Å². The van der Waals surface area contributed by atoms with E-state index in [4.69, 9.17) is 0 Å². The number of hydrogen-bond acceptors (Lipinski definition) is 1. The molecule has 2 unspecified atom stereocenters. The maximum Gasteiger partial charge on any atom is 0.0650 e. The van der Waals surface area contributed by atoms with Gasteiger partial charge in [-0.15, -0.1) is 0 Å². The second-order valence-electron chi connectivity index (χ2n) is 6.82. The molecule has 0 aromatic rings. The second kappa shape index (κ2) is 11.6. The summed E-state index contributed by atoms with van der Waals surface area (Å²) in [6, 6.07) is 0. The SMILES string of the molecule is CCCCC(CC)CC(O)(CC)CC(CC)CCCC. The first kappa shape index (κ1) is 20.0. The summed E-state index contributed by atoms with van der Waals surface area (Å²) >= 11 is 0. The maximum absolute atomic E-state index is 11.0. The van der Waals surface area contributed by atoms with Gasteiger partial charge >= 0.3 is 0 Å². The summed E-state index contributed by atoms with van der Waals surface area (Å²) in [7, 11) is 0. The van der Waals surface area contributed by atoms with Crippen molar-refractivity contribution in [1.29, 1.82) is 0 Å². The van der Waals surface area contributed by atoms with Crippen molar-refractivity contribution >= 4 is 0 Å². The highest BCUT2D eigenvalue weighted by Gasteiger charge is 2.30. The fraction of sp³-hybridized carbons (Fsp3) is 1.00. The minimum Gasteiger partial charge on any atom is -0.390 e. The summed E-state index contributed by atoms with van der Waals surface area (Å²) in [5.41, 5.74) is -0.414. The van der Waals surface area contributed by atoms with Crippen LogP contribution in [0.1, 0.15) is 105 Å². The van der Waals surface area contributed by atoms with Gasteiger partial charge in [-0.2, -0.15) is 0 Å². The minimum absolute atomic E-state index is 0.414. The summed E-state index contributed by atoms with van der Waals surface area (Å²) in [6.07, 6.45) is 13.1. The molecule has 0 aromatic heterocycles. The zero-order chi connectivity index (χ0) is 15.4. The average Bonchev–Trinajstić information content (AvgIpc) is 2.47. The van der Waals surface area contributed by atoms with Crippen molar-refractivity contribution in [1.82, 2.24) is 0 Å². The van der Waals surface area contributed by atoms with Crippen molar-refractivity contribution in [3.63, 3.8) is 0 Å². The second-order valence-corrected chi connectivity index (χ2v) is 6.82. The van der Waals surface area contributed by atoms with Gasteiger partial charge in [0.15, 0.2) is 0 Å². The highest BCUT2D eigenvalue weighted by molar-refractivity contribution is 4.83. The van der Waals surface area contributed by atoms with Crippen LogP contribution < -0.4 is 0 Å². The van der Waals surface area contributed by atoms with Gasteiger partial charge < -0.3 is 5.11 Å². The lowest BCUT2D eigenvalue weighted by molar-refractivity contribution is -0.0143. The van der Waals surface area contributed by atoms with Crippen LogP contribution in [0.25, 0.3) is 0 Å². The van der Waals surface area contributed by atoms with E-state index in [0.29, 0.717) is 11.8 Å². The zero-order valence-electron chi connectivity index (χ0n) is 14.9. The van der Waals surface area contributed by atoms with E-state index in [9.17, 15) is 5.11 Å². The van der Waals surface area contributed by atoms with E-state index in [1.807, 2.05) is 0 Å². The van der Waals surface area contributed by atoms with E-state index in [-0.39, 0.29) is 0 Å². The van der Waals surface area contributed by atoms with E-state index in [1.54, 1.807) is 0 Å². The molecule has 0 rings (SSSR count). The van der Waals surface area contributed by atoms with Gasteiger partial charge in [0.25, 0.3) is 0 Å². The Hall–Kier alpha value is -0.0400. The molecule has 0 aromatic carbocycles. The Kier molecular flexibility index (Phi) is 11.6. The molecule has 0 amide bonds. The lowest BCUT2D eigenvalue weighted by Gasteiger charge is -2.34. The first-order chi connectivity index (χ1) is 9.55. The average molecular weight is 285 g/mol. The van der Waals surface area contributed by atoms with Crippen molar-refractivity contribution in [2.24, 2.45) is 11.8 Å². The highest BCUT2D eigenvalue weighted by atomic mass is 16.3. The monoisotopic (exact) mass is 284 g/mol. The van der Waals surface area contributed by atoms with E-state index in [0.717, 1.165) is 19.3 Å². The van der Waals surface area contributed by atoms with Gasteiger partial charge in [-0.3, -0.25) is 0 Å². The molecule has 1 heteroatoms. The lowest BCUT2D eigenvalue weighted by atomic mass is 9.77. The van der Waals surface area contributed by atoms with Crippen molar-refractivity contribution in [3.8, 4) is 0 Å². The summed E-state index contributed by atoms with van der Waals surface area (Å²) in [5, 5.41) is 11.0. The van der Waals surface area contributed by atoms with Gasteiger partial charge in [0.05, 0.1) is 5.60 Å². The Bertz CT molecular complexity index is 194. The predicted molar refractivity (Wildman–Crippen MR) is 91.1 cm³/mol. The van der Waals surface area contributed by atoms with Crippen LogP contribution in [0, 0.1) is 11.8 Å². The van der Waals surface area contributed by atoms with Crippen LogP contribution >= 0.6 is 0 Å². The van der Waals surface area contributed by atoms with Crippen molar-refractivity contribution < 1.29 is 5.11 Å². The quantitative estimate of drug-likeness (QED) is 0.418.